The molecule has 4 nitrogen and oxygen atoms in total. The molecule has 19 heavy (non-hydrogen) atoms. The molecule has 2 rings (SSSR count). The monoisotopic (exact) mass is 262 g/mol. The number of aliphatic hydroxyl groups excluding tert-OH is 1. The summed E-state index contributed by atoms with van der Waals surface area (Å²) in [5.74, 6) is -0.291. The fourth-order valence-corrected chi connectivity index (χ4v) is 1.92. The predicted molar refractivity (Wildman–Crippen MR) is 69.4 cm³/mol. The highest BCUT2D eigenvalue weighted by molar-refractivity contribution is 5.27. The highest BCUT2D eigenvalue weighted by Gasteiger charge is 2.08. The average Bonchev–Trinajstić information content (AvgIpc) is 2.37. The van der Waals surface area contributed by atoms with E-state index >= 15 is 0 Å². The molecule has 1 heterocycles. The quantitative estimate of drug-likeness (QED) is 0.913. The second kappa shape index (κ2) is 5.32. The van der Waals surface area contributed by atoms with E-state index in [2.05, 4.69) is 5.10 Å². The molecule has 0 unspecified atom stereocenters. The maximum absolute atomic E-state index is 13.8. The molecule has 1 aromatic carbocycles. The van der Waals surface area contributed by atoms with Crippen LogP contribution in [0.15, 0.2) is 29.1 Å². The third kappa shape index (κ3) is 2.88. The number of hydrogen-bond acceptors (Lipinski definition) is 3. The first kappa shape index (κ1) is 13.4. The molecule has 0 radical (unpaired) electrons. The molecule has 1 N–H and O–H groups in total. The number of nitrogens with zero attached hydrogens (tertiary/aromatic N) is 2. The first-order chi connectivity index (χ1) is 9.01. The Bertz CT molecular complexity index is 665. The van der Waals surface area contributed by atoms with Gasteiger partial charge in [-0.25, -0.2) is 9.07 Å². The molecular formula is C14H15FN2O2. The van der Waals surface area contributed by atoms with E-state index in [1.54, 1.807) is 19.1 Å². The zero-order valence-electron chi connectivity index (χ0n) is 10.9. The first-order valence-electron chi connectivity index (χ1n) is 5.95. The van der Waals surface area contributed by atoms with Crippen LogP contribution in [0, 0.1) is 19.7 Å². The molecule has 0 atom stereocenters. The SMILES string of the molecule is Cc1ccc(Cc2cc(C)c(=O)n(CO)n2)c(F)c1. The smallest absolute Gasteiger partial charge is 0.271 e. The summed E-state index contributed by atoms with van der Waals surface area (Å²) < 4.78 is 14.7. The standard InChI is InChI=1S/C14H15FN2O2/c1-9-3-4-11(13(15)5-9)7-12-6-10(2)14(19)17(8-18)16-12/h3-6,18H,7-8H2,1-2H3. The summed E-state index contributed by atoms with van der Waals surface area (Å²) in [5, 5.41) is 13.0. The van der Waals surface area contributed by atoms with Crippen LogP contribution in [0.1, 0.15) is 22.4 Å². The van der Waals surface area contributed by atoms with E-state index in [0.29, 0.717) is 16.8 Å². The van der Waals surface area contributed by atoms with Gasteiger partial charge in [0.1, 0.15) is 12.5 Å². The summed E-state index contributed by atoms with van der Waals surface area (Å²) in [6.45, 7) is 2.98. The maximum atomic E-state index is 13.8. The van der Waals surface area contributed by atoms with Gasteiger partial charge < -0.3 is 5.11 Å². The Hall–Kier alpha value is -2.01. The molecule has 5 heteroatoms. The summed E-state index contributed by atoms with van der Waals surface area (Å²) in [5.41, 5.74) is 2.06. The van der Waals surface area contributed by atoms with E-state index < -0.39 is 6.73 Å². The number of hydrogen-bond donors (Lipinski definition) is 1. The molecule has 1 aromatic heterocycles. The van der Waals surface area contributed by atoms with Crippen molar-refractivity contribution in [3.8, 4) is 0 Å². The van der Waals surface area contributed by atoms with Gasteiger partial charge in [-0.2, -0.15) is 5.10 Å². The zero-order chi connectivity index (χ0) is 14.0. The molecule has 0 aliphatic carbocycles. The molecular weight excluding hydrogens is 247 g/mol. The van der Waals surface area contributed by atoms with E-state index in [9.17, 15) is 9.18 Å². The fourth-order valence-electron chi connectivity index (χ4n) is 1.92. The topological polar surface area (TPSA) is 55.1 Å². The van der Waals surface area contributed by atoms with E-state index in [1.165, 1.54) is 6.07 Å². The molecule has 0 aliphatic heterocycles. The summed E-state index contributed by atoms with van der Waals surface area (Å²) in [6, 6.07) is 6.61. The van der Waals surface area contributed by atoms with Gasteiger partial charge >= 0.3 is 0 Å². The zero-order valence-corrected chi connectivity index (χ0v) is 10.9. The largest absolute Gasteiger partial charge is 0.374 e. The minimum Gasteiger partial charge on any atom is -0.374 e. The van der Waals surface area contributed by atoms with Crippen LogP contribution < -0.4 is 5.56 Å². The normalized spacial score (nSPS) is 10.7. The molecule has 0 aliphatic rings. The van der Waals surface area contributed by atoms with Crippen LogP contribution in [0.5, 0.6) is 0 Å². The van der Waals surface area contributed by atoms with Crippen molar-refractivity contribution in [3.63, 3.8) is 0 Å². The molecule has 0 spiro atoms. The second-order valence-corrected chi connectivity index (χ2v) is 4.54. The van der Waals surface area contributed by atoms with Gasteiger partial charge in [0.25, 0.3) is 5.56 Å². The van der Waals surface area contributed by atoms with Gasteiger partial charge in [-0.1, -0.05) is 12.1 Å². The maximum Gasteiger partial charge on any atom is 0.271 e. The van der Waals surface area contributed by atoms with Gasteiger partial charge in [0.2, 0.25) is 0 Å². The number of benzene rings is 1. The molecule has 2 aromatic rings. The van der Waals surface area contributed by atoms with Crippen LogP contribution >= 0.6 is 0 Å². The fraction of sp³-hybridized carbons (Fsp3) is 0.286. The van der Waals surface area contributed by atoms with Crippen molar-refractivity contribution < 1.29 is 9.50 Å². The van der Waals surface area contributed by atoms with Crippen molar-refractivity contribution in [2.75, 3.05) is 0 Å². The number of aryl methyl sites for hydroxylation is 2. The van der Waals surface area contributed by atoms with E-state index in [1.807, 2.05) is 13.0 Å². The van der Waals surface area contributed by atoms with Gasteiger partial charge in [-0.15, -0.1) is 0 Å². The van der Waals surface area contributed by atoms with Gasteiger partial charge in [0.15, 0.2) is 0 Å². The Morgan fingerprint density at radius 2 is 2.05 bits per heavy atom. The lowest BCUT2D eigenvalue weighted by atomic mass is 10.1. The lowest BCUT2D eigenvalue weighted by molar-refractivity contribution is 0.187. The highest BCUT2D eigenvalue weighted by atomic mass is 19.1. The average molecular weight is 262 g/mol. The molecule has 0 fully saturated rings. The Morgan fingerprint density at radius 1 is 1.32 bits per heavy atom. The van der Waals surface area contributed by atoms with Crippen LogP contribution in [-0.2, 0) is 13.2 Å². The highest BCUT2D eigenvalue weighted by Crippen LogP contribution is 2.13. The van der Waals surface area contributed by atoms with E-state index in [0.717, 1.165) is 10.2 Å². The van der Waals surface area contributed by atoms with Crippen molar-refractivity contribution in [2.45, 2.75) is 27.0 Å². The van der Waals surface area contributed by atoms with Crippen molar-refractivity contribution in [1.29, 1.82) is 0 Å². The van der Waals surface area contributed by atoms with Crippen LogP contribution in [0.25, 0.3) is 0 Å². The third-order valence-corrected chi connectivity index (χ3v) is 2.92. The predicted octanol–water partition coefficient (Wildman–Crippen LogP) is 1.54. The Balaban J connectivity index is 2.38. The number of aliphatic hydroxyl groups is 1. The van der Waals surface area contributed by atoms with Crippen LogP contribution in [-0.4, -0.2) is 14.9 Å². The summed E-state index contributed by atoms with van der Waals surface area (Å²) in [7, 11) is 0. The second-order valence-electron chi connectivity index (χ2n) is 4.54. The van der Waals surface area contributed by atoms with Crippen molar-refractivity contribution in [1.82, 2.24) is 9.78 Å². The third-order valence-electron chi connectivity index (χ3n) is 2.92. The number of aromatic nitrogens is 2. The Kier molecular flexibility index (Phi) is 3.76. The van der Waals surface area contributed by atoms with Crippen molar-refractivity contribution in [3.05, 3.63) is 62.8 Å². The number of halogens is 1. The van der Waals surface area contributed by atoms with Crippen molar-refractivity contribution in [2.24, 2.45) is 0 Å². The molecule has 100 valence electrons. The van der Waals surface area contributed by atoms with E-state index in [4.69, 9.17) is 5.11 Å². The van der Waals surface area contributed by atoms with Crippen LogP contribution in [0.4, 0.5) is 4.39 Å². The Labute approximate surface area is 110 Å². The van der Waals surface area contributed by atoms with Crippen molar-refractivity contribution >= 4 is 0 Å². The lowest BCUT2D eigenvalue weighted by Gasteiger charge is -2.07. The lowest BCUT2D eigenvalue weighted by Crippen LogP contribution is -2.26. The van der Waals surface area contributed by atoms with Gasteiger partial charge in [0.05, 0.1) is 5.69 Å². The van der Waals surface area contributed by atoms with Crippen LogP contribution in [0.2, 0.25) is 0 Å². The minimum absolute atomic E-state index is 0.285. The summed E-state index contributed by atoms with van der Waals surface area (Å²) in [6.07, 6.45) is 0.285. The van der Waals surface area contributed by atoms with Gasteiger partial charge in [-0.05, 0) is 37.1 Å². The van der Waals surface area contributed by atoms with Crippen LogP contribution in [0.3, 0.4) is 0 Å². The van der Waals surface area contributed by atoms with E-state index in [-0.39, 0.29) is 17.8 Å². The molecule has 0 amide bonds. The summed E-state index contributed by atoms with van der Waals surface area (Å²) in [4.78, 5) is 11.6. The Morgan fingerprint density at radius 3 is 2.68 bits per heavy atom. The number of rotatable bonds is 3. The van der Waals surface area contributed by atoms with Gasteiger partial charge in [0, 0.05) is 12.0 Å². The molecule has 0 bridgehead atoms. The molecule has 0 saturated heterocycles. The summed E-state index contributed by atoms with van der Waals surface area (Å²) >= 11 is 0. The molecule has 0 saturated carbocycles. The first-order valence-corrected chi connectivity index (χ1v) is 5.95. The van der Waals surface area contributed by atoms with Gasteiger partial charge in [-0.3, -0.25) is 4.79 Å². The minimum atomic E-state index is -0.482.